The van der Waals surface area contributed by atoms with E-state index in [1.807, 2.05) is 42.5 Å². The van der Waals surface area contributed by atoms with Crippen LogP contribution in [0.15, 0.2) is 97.3 Å². The maximum absolute atomic E-state index is 12.3. The van der Waals surface area contributed by atoms with Crippen molar-refractivity contribution in [2.75, 3.05) is 12.4 Å². The van der Waals surface area contributed by atoms with E-state index in [-0.39, 0.29) is 5.97 Å². The zero-order valence-electron chi connectivity index (χ0n) is 18.6. The normalized spacial score (nSPS) is 11.5. The molecule has 1 heterocycles. The van der Waals surface area contributed by atoms with Crippen molar-refractivity contribution in [1.82, 2.24) is 9.97 Å². The molecule has 3 aromatic carbocycles. The van der Waals surface area contributed by atoms with E-state index in [4.69, 9.17) is 4.74 Å². The maximum Gasteiger partial charge on any atom is 0.328 e. The second kappa shape index (κ2) is 11.0. The van der Waals surface area contributed by atoms with Crippen LogP contribution >= 0.6 is 0 Å². The summed E-state index contributed by atoms with van der Waals surface area (Å²) >= 11 is 0. The van der Waals surface area contributed by atoms with E-state index < -0.39 is 6.04 Å². The van der Waals surface area contributed by atoms with Crippen LogP contribution in [-0.2, 0) is 28.8 Å². The smallest absolute Gasteiger partial charge is 0.328 e. The van der Waals surface area contributed by atoms with E-state index in [0.717, 1.165) is 29.7 Å². The number of benzene rings is 3. The molecule has 0 saturated heterocycles. The zero-order valence-corrected chi connectivity index (χ0v) is 18.6. The lowest BCUT2D eigenvalue weighted by molar-refractivity contribution is -0.141. The highest BCUT2D eigenvalue weighted by Gasteiger charge is 2.20. The number of anilines is 1. The molecule has 166 valence electrons. The minimum absolute atomic E-state index is 0.332. The fourth-order valence-electron chi connectivity index (χ4n) is 3.73. The molecule has 0 aliphatic rings. The van der Waals surface area contributed by atoms with Gasteiger partial charge in [0, 0.05) is 18.1 Å². The molecule has 1 atom stereocenters. The van der Waals surface area contributed by atoms with Crippen LogP contribution in [0.5, 0.6) is 0 Å². The van der Waals surface area contributed by atoms with Gasteiger partial charge < -0.3 is 10.1 Å². The largest absolute Gasteiger partial charge is 0.467 e. The third-order valence-electron chi connectivity index (χ3n) is 5.55. The van der Waals surface area contributed by atoms with Gasteiger partial charge in [-0.05, 0) is 29.5 Å². The summed E-state index contributed by atoms with van der Waals surface area (Å²) in [4.78, 5) is 21.1. The van der Waals surface area contributed by atoms with E-state index in [0.29, 0.717) is 12.2 Å². The Bertz CT molecular complexity index is 1160. The quantitative estimate of drug-likeness (QED) is 0.368. The molecule has 33 heavy (non-hydrogen) atoms. The molecule has 0 radical (unpaired) electrons. The maximum atomic E-state index is 12.3. The van der Waals surface area contributed by atoms with Crippen molar-refractivity contribution < 1.29 is 9.53 Å². The molecular formula is C28H27N3O2. The van der Waals surface area contributed by atoms with Crippen LogP contribution in [0.25, 0.3) is 11.3 Å². The third-order valence-corrected chi connectivity index (χ3v) is 5.55. The number of hydrogen-bond donors (Lipinski definition) is 1. The van der Waals surface area contributed by atoms with E-state index >= 15 is 0 Å². The Morgan fingerprint density at radius 3 is 2.06 bits per heavy atom. The number of esters is 1. The lowest BCUT2D eigenvalue weighted by atomic mass is 10.0. The van der Waals surface area contributed by atoms with Crippen LogP contribution < -0.4 is 5.32 Å². The average Bonchev–Trinajstić information content (AvgIpc) is 2.88. The fourth-order valence-corrected chi connectivity index (χ4v) is 3.73. The van der Waals surface area contributed by atoms with Gasteiger partial charge in [0.2, 0.25) is 0 Å². The van der Waals surface area contributed by atoms with Crippen molar-refractivity contribution in [3.05, 3.63) is 114 Å². The van der Waals surface area contributed by atoms with E-state index in [2.05, 4.69) is 63.8 Å². The summed E-state index contributed by atoms with van der Waals surface area (Å²) in [6.45, 7) is 0. The molecule has 1 aromatic heterocycles. The molecule has 4 aromatic rings. The molecule has 0 fully saturated rings. The van der Waals surface area contributed by atoms with E-state index in [1.54, 1.807) is 0 Å². The number of aromatic nitrogens is 2. The van der Waals surface area contributed by atoms with Gasteiger partial charge in [0.25, 0.3) is 0 Å². The van der Waals surface area contributed by atoms with Gasteiger partial charge in [-0.15, -0.1) is 0 Å². The summed E-state index contributed by atoms with van der Waals surface area (Å²) in [6.07, 6.45) is 4.01. The van der Waals surface area contributed by atoms with Crippen LogP contribution in [-0.4, -0.2) is 29.1 Å². The highest BCUT2D eigenvalue weighted by molar-refractivity contribution is 5.79. The Kier molecular flexibility index (Phi) is 7.44. The number of carbonyl (C=O) groups is 1. The number of ether oxygens (including phenoxy) is 1. The van der Waals surface area contributed by atoms with Crippen molar-refractivity contribution in [1.29, 1.82) is 0 Å². The second-order valence-corrected chi connectivity index (χ2v) is 7.88. The molecule has 0 spiro atoms. The number of rotatable bonds is 9. The van der Waals surface area contributed by atoms with Crippen molar-refractivity contribution in [3.63, 3.8) is 0 Å². The topological polar surface area (TPSA) is 64.1 Å². The van der Waals surface area contributed by atoms with Gasteiger partial charge in [-0.2, -0.15) is 0 Å². The standard InChI is InChI=1S/C28H27N3O2/c1-33-28(32)26(18-23-10-6-3-7-11-23)31-27-19-25(29-20-30-27)24-16-14-22(15-17-24)13-12-21-8-4-2-5-9-21/h2-11,14-17,19-20,26H,12-13,18H2,1H3,(H,29,30,31). The summed E-state index contributed by atoms with van der Waals surface area (Å²) in [6, 6.07) is 30.1. The van der Waals surface area contributed by atoms with Crippen molar-refractivity contribution in [3.8, 4) is 11.3 Å². The summed E-state index contributed by atoms with van der Waals surface area (Å²) in [7, 11) is 1.40. The first kappa shape index (κ1) is 22.2. The summed E-state index contributed by atoms with van der Waals surface area (Å²) in [5, 5.41) is 3.21. The highest BCUT2D eigenvalue weighted by atomic mass is 16.5. The number of nitrogens with one attached hydrogen (secondary N) is 1. The van der Waals surface area contributed by atoms with Crippen LogP contribution in [0.2, 0.25) is 0 Å². The molecule has 0 bridgehead atoms. The Morgan fingerprint density at radius 1 is 0.818 bits per heavy atom. The number of aryl methyl sites for hydroxylation is 2. The van der Waals surface area contributed by atoms with Crippen LogP contribution in [0, 0.1) is 0 Å². The number of methoxy groups -OCH3 is 1. The predicted molar refractivity (Wildman–Crippen MR) is 131 cm³/mol. The highest BCUT2D eigenvalue weighted by Crippen LogP contribution is 2.21. The summed E-state index contributed by atoms with van der Waals surface area (Å²) < 4.78 is 4.99. The molecule has 5 nitrogen and oxygen atoms in total. The first-order valence-electron chi connectivity index (χ1n) is 11.0. The Hall–Kier alpha value is -3.99. The first-order valence-corrected chi connectivity index (χ1v) is 11.0. The van der Waals surface area contributed by atoms with Gasteiger partial charge in [-0.3, -0.25) is 0 Å². The number of nitrogens with zero attached hydrogens (tertiary/aromatic N) is 2. The molecule has 1 unspecified atom stereocenters. The second-order valence-electron chi connectivity index (χ2n) is 7.88. The van der Waals surface area contributed by atoms with Gasteiger partial charge in [0.1, 0.15) is 18.2 Å². The van der Waals surface area contributed by atoms with Crippen LogP contribution in [0.4, 0.5) is 5.82 Å². The van der Waals surface area contributed by atoms with Gasteiger partial charge in [0.15, 0.2) is 0 Å². The number of hydrogen-bond acceptors (Lipinski definition) is 5. The van der Waals surface area contributed by atoms with Crippen LogP contribution in [0.3, 0.4) is 0 Å². The van der Waals surface area contributed by atoms with Gasteiger partial charge in [-0.1, -0.05) is 84.9 Å². The lowest BCUT2D eigenvalue weighted by Gasteiger charge is -2.17. The zero-order chi connectivity index (χ0) is 22.9. The fraction of sp³-hybridized carbons (Fsp3) is 0.179. The van der Waals surface area contributed by atoms with E-state index in [9.17, 15) is 4.79 Å². The predicted octanol–water partition coefficient (Wildman–Crippen LogP) is 5.13. The van der Waals surface area contributed by atoms with Crippen molar-refractivity contribution in [2.24, 2.45) is 0 Å². The minimum atomic E-state index is -0.541. The average molecular weight is 438 g/mol. The van der Waals surface area contributed by atoms with Gasteiger partial charge >= 0.3 is 5.97 Å². The SMILES string of the molecule is COC(=O)C(Cc1ccccc1)Nc1cc(-c2ccc(CCc3ccccc3)cc2)ncn1. The Balaban J connectivity index is 1.44. The molecule has 0 aliphatic heterocycles. The molecule has 4 rings (SSSR count). The summed E-state index contributed by atoms with van der Waals surface area (Å²) in [5.41, 5.74) is 5.46. The first-order chi connectivity index (χ1) is 16.2. The third kappa shape index (κ3) is 6.26. The van der Waals surface area contributed by atoms with Crippen molar-refractivity contribution in [2.45, 2.75) is 25.3 Å². The summed E-state index contributed by atoms with van der Waals surface area (Å²) in [5.74, 6) is 0.251. The Morgan fingerprint density at radius 2 is 1.42 bits per heavy atom. The lowest BCUT2D eigenvalue weighted by Crippen LogP contribution is -2.33. The van der Waals surface area contributed by atoms with Crippen molar-refractivity contribution >= 4 is 11.8 Å². The molecule has 1 N–H and O–H groups in total. The van der Waals surface area contributed by atoms with E-state index in [1.165, 1.54) is 24.6 Å². The van der Waals surface area contributed by atoms with Gasteiger partial charge in [0.05, 0.1) is 12.8 Å². The molecule has 0 amide bonds. The van der Waals surface area contributed by atoms with Gasteiger partial charge in [-0.25, -0.2) is 14.8 Å². The molecule has 5 heteroatoms. The monoisotopic (exact) mass is 437 g/mol. The molecule has 0 aliphatic carbocycles. The molecule has 0 saturated carbocycles. The van der Waals surface area contributed by atoms with Crippen LogP contribution in [0.1, 0.15) is 16.7 Å². The number of carbonyl (C=O) groups excluding carboxylic acids is 1. The minimum Gasteiger partial charge on any atom is -0.467 e. The molecular weight excluding hydrogens is 410 g/mol. The Labute approximate surface area is 194 Å².